The van der Waals surface area contributed by atoms with Gasteiger partial charge < -0.3 is 5.73 Å². The van der Waals surface area contributed by atoms with Crippen molar-refractivity contribution in [3.63, 3.8) is 0 Å². The molecule has 1 aromatic carbocycles. The first-order valence-corrected chi connectivity index (χ1v) is 6.77. The zero-order valence-electron chi connectivity index (χ0n) is 10.4. The second-order valence-corrected chi connectivity index (χ2v) is 5.15. The van der Waals surface area contributed by atoms with Gasteiger partial charge in [-0.1, -0.05) is 37.8 Å². The smallest absolute Gasteiger partial charge is 0.123 e. The monoisotopic (exact) mass is 235 g/mol. The first-order chi connectivity index (χ1) is 8.31. The molecular weight excluding hydrogens is 213 g/mol. The molecule has 94 valence electrons. The van der Waals surface area contributed by atoms with Crippen molar-refractivity contribution >= 4 is 0 Å². The molecule has 1 atom stereocenters. The van der Waals surface area contributed by atoms with Crippen LogP contribution in [0.1, 0.15) is 50.0 Å². The van der Waals surface area contributed by atoms with E-state index in [0.717, 1.165) is 5.56 Å². The third-order valence-electron chi connectivity index (χ3n) is 4.00. The first-order valence-electron chi connectivity index (χ1n) is 6.77. The molecular formula is C15H22FN. The Morgan fingerprint density at radius 3 is 2.47 bits per heavy atom. The van der Waals surface area contributed by atoms with Gasteiger partial charge in [0.2, 0.25) is 0 Å². The molecule has 2 rings (SSSR count). The zero-order valence-corrected chi connectivity index (χ0v) is 10.4. The summed E-state index contributed by atoms with van der Waals surface area (Å²) >= 11 is 0. The summed E-state index contributed by atoms with van der Waals surface area (Å²) in [6.45, 7) is 0.633. The molecule has 0 radical (unpaired) electrons. The number of hydrogen-bond donors (Lipinski definition) is 1. The van der Waals surface area contributed by atoms with Crippen LogP contribution in [0, 0.1) is 11.7 Å². The van der Waals surface area contributed by atoms with E-state index < -0.39 is 0 Å². The maximum atomic E-state index is 13.3. The summed E-state index contributed by atoms with van der Waals surface area (Å²) in [5.74, 6) is 0.836. The fraction of sp³-hybridized carbons (Fsp3) is 0.600. The lowest BCUT2D eigenvalue weighted by atomic mass is 9.81. The molecule has 1 saturated carbocycles. The summed E-state index contributed by atoms with van der Waals surface area (Å²) in [6, 6.07) is 6.97. The minimum atomic E-state index is -0.144. The van der Waals surface area contributed by atoms with Crippen LogP contribution in [-0.2, 0) is 0 Å². The minimum Gasteiger partial charge on any atom is -0.330 e. The van der Waals surface area contributed by atoms with E-state index in [9.17, 15) is 4.39 Å². The maximum Gasteiger partial charge on any atom is 0.123 e. The zero-order chi connectivity index (χ0) is 12.1. The van der Waals surface area contributed by atoms with Crippen LogP contribution in [-0.4, -0.2) is 6.54 Å². The summed E-state index contributed by atoms with van der Waals surface area (Å²) < 4.78 is 13.3. The van der Waals surface area contributed by atoms with E-state index in [1.807, 2.05) is 6.07 Å². The van der Waals surface area contributed by atoms with E-state index in [0.29, 0.717) is 18.4 Å². The predicted octanol–water partition coefficient (Wildman–Crippen LogP) is 3.84. The molecule has 0 bridgehead atoms. The van der Waals surface area contributed by atoms with E-state index in [1.165, 1.54) is 44.6 Å². The Labute approximate surface area is 103 Å². The van der Waals surface area contributed by atoms with Crippen LogP contribution < -0.4 is 5.73 Å². The van der Waals surface area contributed by atoms with Gasteiger partial charge in [0, 0.05) is 0 Å². The highest BCUT2D eigenvalue weighted by Gasteiger charge is 2.23. The Bertz CT molecular complexity index is 343. The highest BCUT2D eigenvalue weighted by Crippen LogP contribution is 2.34. The minimum absolute atomic E-state index is 0.144. The highest BCUT2D eigenvalue weighted by atomic mass is 19.1. The molecule has 1 aliphatic rings. The topological polar surface area (TPSA) is 26.0 Å². The van der Waals surface area contributed by atoms with E-state index in [4.69, 9.17) is 5.73 Å². The predicted molar refractivity (Wildman–Crippen MR) is 69.4 cm³/mol. The second-order valence-electron chi connectivity index (χ2n) is 5.15. The molecule has 1 aromatic rings. The molecule has 0 aromatic heterocycles. The van der Waals surface area contributed by atoms with Crippen LogP contribution in [0.25, 0.3) is 0 Å². The van der Waals surface area contributed by atoms with E-state index in [1.54, 1.807) is 12.1 Å². The normalized spacial score (nSPS) is 19.9. The first kappa shape index (κ1) is 12.6. The van der Waals surface area contributed by atoms with Gasteiger partial charge in [0.05, 0.1) is 0 Å². The van der Waals surface area contributed by atoms with Gasteiger partial charge in [-0.15, -0.1) is 0 Å². The van der Waals surface area contributed by atoms with Crippen molar-refractivity contribution in [3.05, 3.63) is 35.6 Å². The molecule has 1 aliphatic carbocycles. The van der Waals surface area contributed by atoms with E-state index >= 15 is 0 Å². The van der Waals surface area contributed by atoms with Gasteiger partial charge in [-0.25, -0.2) is 4.39 Å². The summed E-state index contributed by atoms with van der Waals surface area (Å²) in [6.07, 6.45) is 7.79. The average molecular weight is 235 g/mol. The van der Waals surface area contributed by atoms with Crippen LogP contribution in [0.2, 0.25) is 0 Å². The molecule has 1 nitrogen and oxygen atoms in total. The van der Waals surface area contributed by atoms with Crippen LogP contribution in [0.15, 0.2) is 24.3 Å². The fourth-order valence-electron chi connectivity index (χ4n) is 3.05. The van der Waals surface area contributed by atoms with Gasteiger partial charge in [0.25, 0.3) is 0 Å². The number of rotatable bonds is 3. The van der Waals surface area contributed by atoms with E-state index in [2.05, 4.69) is 0 Å². The van der Waals surface area contributed by atoms with Crippen LogP contribution in [0.4, 0.5) is 4.39 Å². The van der Waals surface area contributed by atoms with Gasteiger partial charge in [0.15, 0.2) is 0 Å². The molecule has 1 unspecified atom stereocenters. The van der Waals surface area contributed by atoms with Crippen molar-refractivity contribution in [1.82, 2.24) is 0 Å². The summed E-state index contributed by atoms with van der Waals surface area (Å²) in [5, 5.41) is 0. The standard InChI is InChI=1S/C15H22FN/c16-14-9-5-8-13(10-14)15(11-17)12-6-3-1-2-4-7-12/h5,8-10,12,15H,1-4,6-7,11,17H2. The highest BCUT2D eigenvalue weighted by molar-refractivity contribution is 5.22. The maximum absolute atomic E-state index is 13.3. The molecule has 0 amide bonds. The van der Waals surface area contributed by atoms with Crippen molar-refractivity contribution < 1.29 is 4.39 Å². The van der Waals surface area contributed by atoms with Crippen LogP contribution >= 0.6 is 0 Å². The molecule has 17 heavy (non-hydrogen) atoms. The van der Waals surface area contributed by atoms with Crippen molar-refractivity contribution in [3.8, 4) is 0 Å². The lowest BCUT2D eigenvalue weighted by molar-refractivity contribution is 0.379. The number of nitrogens with two attached hydrogens (primary N) is 1. The lowest BCUT2D eigenvalue weighted by Gasteiger charge is -2.25. The lowest BCUT2D eigenvalue weighted by Crippen LogP contribution is -2.21. The van der Waals surface area contributed by atoms with Crippen LogP contribution in [0.3, 0.4) is 0 Å². The molecule has 2 heteroatoms. The molecule has 1 fully saturated rings. The van der Waals surface area contributed by atoms with Crippen molar-refractivity contribution in [2.75, 3.05) is 6.54 Å². The molecule has 0 spiro atoms. The van der Waals surface area contributed by atoms with Gasteiger partial charge in [0.1, 0.15) is 5.82 Å². The fourth-order valence-corrected chi connectivity index (χ4v) is 3.05. The third-order valence-corrected chi connectivity index (χ3v) is 4.00. The summed E-state index contributed by atoms with van der Waals surface area (Å²) in [5.41, 5.74) is 7.00. The van der Waals surface area contributed by atoms with E-state index in [-0.39, 0.29) is 5.82 Å². The van der Waals surface area contributed by atoms with Crippen LogP contribution in [0.5, 0.6) is 0 Å². The van der Waals surface area contributed by atoms with Crippen molar-refractivity contribution in [2.24, 2.45) is 11.7 Å². The molecule has 0 aliphatic heterocycles. The number of halogens is 1. The summed E-state index contributed by atoms with van der Waals surface area (Å²) in [7, 11) is 0. The Hall–Kier alpha value is -0.890. The summed E-state index contributed by atoms with van der Waals surface area (Å²) in [4.78, 5) is 0. The molecule has 0 heterocycles. The third kappa shape index (κ3) is 3.29. The van der Waals surface area contributed by atoms with Crippen molar-refractivity contribution in [1.29, 1.82) is 0 Å². The Morgan fingerprint density at radius 1 is 1.18 bits per heavy atom. The molecule has 2 N–H and O–H groups in total. The quantitative estimate of drug-likeness (QED) is 0.791. The Kier molecular flexibility index (Phi) is 4.55. The number of benzene rings is 1. The van der Waals surface area contributed by atoms with Gasteiger partial charge in [-0.2, -0.15) is 0 Å². The van der Waals surface area contributed by atoms with Gasteiger partial charge >= 0.3 is 0 Å². The average Bonchev–Trinajstić information content (AvgIpc) is 2.59. The second kappa shape index (κ2) is 6.15. The van der Waals surface area contributed by atoms with Gasteiger partial charge in [-0.3, -0.25) is 0 Å². The van der Waals surface area contributed by atoms with Crippen molar-refractivity contribution in [2.45, 2.75) is 44.4 Å². The molecule has 0 saturated heterocycles. The largest absolute Gasteiger partial charge is 0.330 e. The van der Waals surface area contributed by atoms with Gasteiger partial charge in [-0.05, 0) is 48.9 Å². The number of hydrogen-bond acceptors (Lipinski definition) is 1. The SMILES string of the molecule is NCC(c1cccc(F)c1)C1CCCCCC1. The Morgan fingerprint density at radius 2 is 1.88 bits per heavy atom. The Balaban J connectivity index is 2.14.